The fourth-order valence-electron chi connectivity index (χ4n) is 8.72. The van der Waals surface area contributed by atoms with Gasteiger partial charge in [0.15, 0.2) is 0 Å². The van der Waals surface area contributed by atoms with E-state index < -0.39 is 0 Å². The molecule has 0 spiro atoms. The number of benzene rings is 1. The molecule has 3 aliphatic heterocycles. The van der Waals surface area contributed by atoms with Crippen LogP contribution in [0.5, 0.6) is 5.75 Å². The molecule has 5 aliphatic rings. The molecule has 9 heteroatoms. The number of halogens is 1. The van der Waals surface area contributed by atoms with Crippen molar-refractivity contribution in [1.82, 2.24) is 14.5 Å². The SMILES string of the molecule is CCCC1=C(C2COc3ccc4cc3N(C2)CC2CCC2C(CN2CCN(C(C)=O)CC2)CCCC(C)C(C)SNC4=O)C=CC(Cl)C1. The number of carbonyl (C=O) groups excluding carboxylic acids is 2. The number of fused-ring (bicyclic) bond motifs is 2. The third-order valence-corrected chi connectivity index (χ3v) is 13.4. The van der Waals surface area contributed by atoms with E-state index in [1.807, 2.05) is 17.0 Å². The maximum atomic E-state index is 13.5. The van der Waals surface area contributed by atoms with Crippen molar-refractivity contribution in [1.29, 1.82) is 0 Å². The third kappa shape index (κ3) is 8.40. The minimum Gasteiger partial charge on any atom is -0.491 e. The largest absolute Gasteiger partial charge is 0.491 e. The molecule has 6 rings (SSSR count). The standard InChI is InChI=1S/C39H57ClN4O3S/c1-5-7-29-20-34(40)12-14-35(29)33-24-44-23-32-10-13-36(32)31(22-42-16-18-43(19-17-42)28(4)45)9-6-8-26(2)27(3)48-41-39(46)30-11-15-38(47-25-33)37(44)21-30/h11-12,14-15,21,26-27,31-34,36H,5-10,13,16-20,22-25H2,1-4H3,(H,41,46). The average Bonchev–Trinajstić information content (AvgIpc) is 3.24. The summed E-state index contributed by atoms with van der Waals surface area (Å²) in [5.41, 5.74) is 4.63. The second-order valence-corrected chi connectivity index (χ2v) is 17.0. The molecular weight excluding hydrogens is 640 g/mol. The quantitative estimate of drug-likeness (QED) is 0.253. The van der Waals surface area contributed by atoms with Gasteiger partial charge in [0.1, 0.15) is 5.75 Å². The Labute approximate surface area is 298 Å². The zero-order chi connectivity index (χ0) is 33.8. The van der Waals surface area contributed by atoms with Crippen LogP contribution >= 0.6 is 23.5 Å². The number of hydrogen-bond donors (Lipinski definition) is 1. The number of amides is 2. The first-order chi connectivity index (χ1) is 23.2. The fraction of sp³-hybridized carbons (Fsp3) is 0.692. The Kier molecular flexibility index (Phi) is 12.1. The average molecular weight is 697 g/mol. The number of nitrogens with zero attached hydrogens (tertiary/aromatic N) is 3. The first kappa shape index (κ1) is 35.7. The van der Waals surface area contributed by atoms with Gasteiger partial charge in [-0.15, -0.1) is 11.6 Å². The van der Waals surface area contributed by atoms with Gasteiger partial charge in [-0.1, -0.05) is 51.3 Å². The molecule has 7 nitrogen and oxygen atoms in total. The molecule has 2 bridgehead atoms. The summed E-state index contributed by atoms with van der Waals surface area (Å²) in [5, 5.41) is 0.393. The van der Waals surface area contributed by atoms with Crippen LogP contribution in [-0.2, 0) is 4.79 Å². The Hall–Kier alpha value is -2.16. The van der Waals surface area contributed by atoms with Crippen LogP contribution in [0.2, 0.25) is 0 Å². The van der Waals surface area contributed by atoms with E-state index >= 15 is 0 Å². The van der Waals surface area contributed by atoms with Crippen molar-refractivity contribution in [2.24, 2.45) is 29.6 Å². The molecule has 0 radical (unpaired) electrons. The van der Waals surface area contributed by atoms with Gasteiger partial charge >= 0.3 is 0 Å². The van der Waals surface area contributed by atoms with Gasteiger partial charge in [-0.05, 0) is 97.9 Å². The predicted octanol–water partition coefficient (Wildman–Crippen LogP) is 7.56. The van der Waals surface area contributed by atoms with E-state index in [-0.39, 0.29) is 23.1 Å². The molecule has 1 aromatic rings. The van der Waals surface area contributed by atoms with E-state index in [1.54, 1.807) is 18.9 Å². The highest BCUT2D eigenvalue weighted by molar-refractivity contribution is 7.98. The molecule has 1 N–H and O–H groups in total. The molecule has 7 atom stereocenters. The minimum atomic E-state index is -0.0301. The summed E-state index contributed by atoms with van der Waals surface area (Å²) >= 11 is 8.19. The number of carbonyl (C=O) groups is 2. The van der Waals surface area contributed by atoms with Crippen molar-refractivity contribution >= 4 is 41.1 Å². The zero-order valence-corrected chi connectivity index (χ0v) is 31.2. The number of anilines is 1. The highest BCUT2D eigenvalue weighted by Crippen LogP contribution is 2.45. The molecule has 3 heterocycles. The maximum absolute atomic E-state index is 13.5. The third-order valence-electron chi connectivity index (χ3n) is 12.0. The Morgan fingerprint density at radius 3 is 2.62 bits per heavy atom. The number of allylic oxidation sites excluding steroid dienone is 3. The van der Waals surface area contributed by atoms with Gasteiger partial charge in [0, 0.05) is 69.5 Å². The monoisotopic (exact) mass is 696 g/mol. The first-order valence-corrected chi connectivity index (χ1v) is 20.0. The van der Waals surface area contributed by atoms with Gasteiger partial charge in [-0.3, -0.25) is 19.2 Å². The lowest BCUT2D eigenvalue weighted by Crippen LogP contribution is -2.51. The van der Waals surface area contributed by atoms with Crippen molar-refractivity contribution in [3.8, 4) is 5.75 Å². The molecule has 1 aromatic carbocycles. The highest BCUT2D eigenvalue weighted by atomic mass is 35.5. The molecule has 1 saturated heterocycles. The van der Waals surface area contributed by atoms with Gasteiger partial charge in [0.25, 0.3) is 5.91 Å². The number of piperazine rings is 1. The van der Waals surface area contributed by atoms with Crippen LogP contribution in [0.15, 0.2) is 41.5 Å². The lowest BCUT2D eigenvalue weighted by molar-refractivity contribution is -0.130. The topological polar surface area (TPSA) is 65.1 Å². The van der Waals surface area contributed by atoms with E-state index in [0.29, 0.717) is 41.1 Å². The van der Waals surface area contributed by atoms with Crippen molar-refractivity contribution in [3.63, 3.8) is 0 Å². The number of ether oxygens (including phenoxy) is 1. The normalized spacial score (nSPS) is 32.1. The van der Waals surface area contributed by atoms with Gasteiger partial charge in [-0.25, -0.2) is 0 Å². The van der Waals surface area contributed by atoms with E-state index in [4.69, 9.17) is 16.3 Å². The van der Waals surface area contributed by atoms with Crippen LogP contribution in [0.1, 0.15) is 89.4 Å². The highest BCUT2D eigenvalue weighted by Gasteiger charge is 2.40. The lowest BCUT2D eigenvalue weighted by atomic mass is 9.65. The van der Waals surface area contributed by atoms with E-state index in [1.165, 1.54) is 43.3 Å². The Morgan fingerprint density at radius 1 is 1.08 bits per heavy atom. The second-order valence-electron chi connectivity index (χ2n) is 15.2. The Morgan fingerprint density at radius 2 is 1.90 bits per heavy atom. The molecule has 0 aromatic heterocycles. The molecule has 2 fully saturated rings. The van der Waals surface area contributed by atoms with E-state index in [9.17, 15) is 9.59 Å². The summed E-state index contributed by atoms with van der Waals surface area (Å²) in [7, 11) is 0. The van der Waals surface area contributed by atoms with Gasteiger partial charge < -0.3 is 14.5 Å². The van der Waals surface area contributed by atoms with Gasteiger partial charge in [0.2, 0.25) is 5.91 Å². The van der Waals surface area contributed by atoms with Crippen LogP contribution in [0.25, 0.3) is 0 Å². The van der Waals surface area contributed by atoms with Crippen molar-refractivity contribution in [2.75, 3.05) is 57.3 Å². The van der Waals surface area contributed by atoms with Crippen molar-refractivity contribution in [3.05, 3.63) is 47.1 Å². The predicted molar refractivity (Wildman–Crippen MR) is 199 cm³/mol. The van der Waals surface area contributed by atoms with Gasteiger partial charge in [0.05, 0.1) is 17.7 Å². The van der Waals surface area contributed by atoms with Crippen LogP contribution in [0.4, 0.5) is 5.69 Å². The number of rotatable bonds is 5. The molecule has 2 aliphatic carbocycles. The molecule has 1 saturated carbocycles. The van der Waals surface area contributed by atoms with Crippen LogP contribution < -0.4 is 14.4 Å². The molecule has 2 amide bonds. The van der Waals surface area contributed by atoms with E-state index in [0.717, 1.165) is 76.5 Å². The smallest absolute Gasteiger partial charge is 0.261 e. The molecule has 264 valence electrons. The van der Waals surface area contributed by atoms with Crippen molar-refractivity contribution < 1.29 is 14.3 Å². The summed E-state index contributed by atoms with van der Waals surface area (Å²) in [5.74, 6) is 3.75. The number of nitrogens with one attached hydrogen (secondary N) is 1. The second kappa shape index (κ2) is 16.2. The molecule has 7 unspecified atom stereocenters. The van der Waals surface area contributed by atoms with E-state index in [2.05, 4.69) is 53.5 Å². The number of alkyl halides is 1. The molecule has 48 heavy (non-hydrogen) atoms. The number of hydrogen-bond acceptors (Lipinski definition) is 6. The summed E-state index contributed by atoms with van der Waals surface area (Å²) < 4.78 is 9.79. The zero-order valence-electron chi connectivity index (χ0n) is 29.6. The first-order valence-electron chi connectivity index (χ1n) is 18.7. The minimum absolute atomic E-state index is 0.0301. The summed E-state index contributed by atoms with van der Waals surface area (Å²) in [4.78, 5) is 32.7. The summed E-state index contributed by atoms with van der Waals surface area (Å²) in [6.07, 6.45) is 13.7. The lowest BCUT2D eigenvalue weighted by Gasteiger charge is -2.47. The summed E-state index contributed by atoms with van der Waals surface area (Å²) in [6, 6.07) is 6.03. The maximum Gasteiger partial charge on any atom is 0.261 e. The summed E-state index contributed by atoms with van der Waals surface area (Å²) in [6.45, 7) is 15.8. The van der Waals surface area contributed by atoms with Crippen LogP contribution in [0, 0.1) is 29.6 Å². The molecular formula is C39H57ClN4O3S. The van der Waals surface area contributed by atoms with Crippen LogP contribution in [-0.4, -0.2) is 84.7 Å². The Balaban J connectivity index is 1.29. The fourth-order valence-corrected chi connectivity index (χ4v) is 9.76. The van der Waals surface area contributed by atoms with Crippen LogP contribution in [0.3, 0.4) is 0 Å². The van der Waals surface area contributed by atoms with Gasteiger partial charge in [-0.2, -0.15) is 0 Å². The Bertz CT molecular complexity index is 1360. The van der Waals surface area contributed by atoms with Crippen molar-refractivity contribution in [2.45, 2.75) is 89.7 Å².